The Kier molecular flexibility index (Phi) is 5.36. The molecule has 0 radical (unpaired) electrons. The summed E-state index contributed by atoms with van der Waals surface area (Å²) in [5.41, 5.74) is -0.814. The quantitative estimate of drug-likeness (QED) is 0.802. The molecule has 0 aliphatic heterocycles. The van der Waals surface area contributed by atoms with Crippen LogP contribution in [-0.2, 0) is 14.8 Å². The van der Waals surface area contributed by atoms with Gasteiger partial charge in [0.2, 0.25) is 10.0 Å². The lowest BCUT2D eigenvalue weighted by atomic mass is 9.98. The van der Waals surface area contributed by atoms with Crippen LogP contribution in [0.15, 0.2) is 23.1 Å². The molecule has 0 spiro atoms. The molecule has 2 N–H and O–H groups in total. The zero-order valence-corrected chi connectivity index (χ0v) is 13.5. The minimum absolute atomic E-state index is 0.0615. The summed E-state index contributed by atoms with van der Waals surface area (Å²) in [6.07, 6.45) is 0.728. The monoisotopic (exact) mass is 315 g/mol. The predicted octanol–water partition coefficient (Wildman–Crippen LogP) is 1.93. The van der Waals surface area contributed by atoms with E-state index in [1.54, 1.807) is 26.0 Å². The molecule has 0 bridgehead atoms. The molecule has 0 fully saturated rings. The van der Waals surface area contributed by atoms with Crippen molar-refractivity contribution in [1.29, 1.82) is 0 Å². The smallest absolute Gasteiger partial charge is 0.324 e. The number of nitrogens with one attached hydrogen (secondary N) is 1. The number of carboxylic acid groups (broad SMARTS) is 1. The summed E-state index contributed by atoms with van der Waals surface area (Å²) in [6.45, 7) is 4.91. The molecule has 21 heavy (non-hydrogen) atoms. The molecule has 0 saturated heterocycles. The summed E-state index contributed by atoms with van der Waals surface area (Å²) in [5, 5.41) is 9.30. The standard InChI is InChI=1S/C14H21NO5S/c1-5-8-14(3,13(16)17)15-21(18,19)12-9-10(2)6-7-11(12)20-4/h6-7,9,15H,5,8H2,1-4H3,(H,16,17). The number of methoxy groups -OCH3 is 1. The summed E-state index contributed by atoms with van der Waals surface area (Å²) in [4.78, 5) is 11.3. The van der Waals surface area contributed by atoms with Crippen molar-refractivity contribution in [3.63, 3.8) is 0 Å². The first-order chi connectivity index (χ1) is 9.66. The van der Waals surface area contributed by atoms with Gasteiger partial charge in [0.15, 0.2) is 0 Å². The summed E-state index contributed by atoms with van der Waals surface area (Å²) < 4.78 is 32.3. The fourth-order valence-electron chi connectivity index (χ4n) is 2.05. The highest BCUT2D eigenvalue weighted by molar-refractivity contribution is 7.89. The average Bonchev–Trinajstić information content (AvgIpc) is 2.38. The largest absolute Gasteiger partial charge is 0.495 e. The number of rotatable bonds is 7. The normalized spacial score (nSPS) is 14.5. The second kappa shape index (κ2) is 6.44. The Labute approximate surface area is 125 Å². The molecule has 0 aromatic heterocycles. The maximum absolute atomic E-state index is 12.5. The predicted molar refractivity (Wildman–Crippen MR) is 79.0 cm³/mol. The van der Waals surface area contributed by atoms with E-state index in [1.165, 1.54) is 20.1 Å². The number of ether oxygens (including phenoxy) is 1. The molecule has 0 heterocycles. The van der Waals surface area contributed by atoms with E-state index in [1.807, 2.05) is 0 Å². The fraction of sp³-hybridized carbons (Fsp3) is 0.500. The lowest BCUT2D eigenvalue weighted by Crippen LogP contribution is -2.51. The number of benzene rings is 1. The molecule has 6 nitrogen and oxygen atoms in total. The van der Waals surface area contributed by atoms with Gasteiger partial charge in [0.05, 0.1) is 7.11 Å². The zero-order chi connectivity index (χ0) is 16.3. The first kappa shape index (κ1) is 17.5. The van der Waals surface area contributed by atoms with Gasteiger partial charge in [-0.25, -0.2) is 8.42 Å². The minimum atomic E-state index is -4.01. The third kappa shape index (κ3) is 3.95. The van der Waals surface area contributed by atoms with Gasteiger partial charge in [-0.2, -0.15) is 4.72 Å². The lowest BCUT2D eigenvalue weighted by Gasteiger charge is -2.26. The van der Waals surface area contributed by atoms with E-state index in [2.05, 4.69) is 4.72 Å². The van der Waals surface area contributed by atoms with Crippen molar-refractivity contribution in [2.75, 3.05) is 7.11 Å². The molecule has 1 unspecified atom stereocenters. The highest BCUT2D eigenvalue weighted by atomic mass is 32.2. The molecule has 0 amide bonds. The van der Waals surface area contributed by atoms with Gasteiger partial charge in [0.1, 0.15) is 16.2 Å². The van der Waals surface area contributed by atoms with Crippen molar-refractivity contribution in [2.45, 2.75) is 44.0 Å². The molecule has 1 atom stereocenters. The second-order valence-corrected chi connectivity index (χ2v) is 6.80. The average molecular weight is 315 g/mol. The van der Waals surface area contributed by atoms with E-state index in [9.17, 15) is 18.3 Å². The highest BCUT2D eigenvalue weighted by Gasteiger charge is 2.37. The van der Waals surface area contributed by atoms with Crippen molar-refractivity contribution in [3.05, 3.63) is 23.8 Å². The van der Waals surface area contributed by atoms with Gasteiger partial charge in [-0.3, -0.25) is 4.79 Å². The topological polar surface area (TPSA) is 92.7 Å². The van der Waals surface area contributed by atoms with Crippen LogP contribution in [0.1, 0.15) is 32.3 Å². The van der Waals surface area contributed by atoms with Gasteiger partial charge in [0.25, 0.3) is 0 Å². The SMILES string of the molecule is CCCC(C)(NS(=O)(=O)c1cc(C)ccc1OC)C(=O)O. The van der Waals surface area contributed by atoms with Gasteiger partial charge in [-0.15, -0.1) is 0 Å². The summed E-state index contributed by atoms with van der Waals surface area (Å²) in [6, 6.07) is 4.72. The van der Waals surface area contributed by atoms with Crippen LogP contribution in [0.25, 0.3) is 0 Å². The van der Waals surface area contributed by atoms with Crippen LogP contribution in [0.3, 0.4) is 0 Å². The number of hydrogen-bond donors (Lipinski definition) is 2. The van der Waals surface area contributed by atoms with Crippen molar-refractivity contribution < 1.29 is 23.1 Å². The molecule has 1 aromatic carbocycles. The zero-order valence-electron chi connectivity index (χ0n) is 12.6. The van der Waals surface area contributed by atoms with E-state index >= 15 is 0 Å². The van der Waals surface area contributed by atoms with E-state index in [0.717, 1.165) is 5.56 Å². The number of hydrogen-bond acceptors (Lipinski definition) is 4. The van der Waals surface area contributed by atoms with E-state index < -0.39 is 21.5 Å². The Morgan fingerprint density at radius 2 is 2.05 bits per heavy atom. The van der Waals surface area contributed by atoms with Crippen molar-refractivity contribution in [2.24, 2.45) is 0 Å². The fourth-order valence-corrected chi connectivity index (χ4v) is 3.70. The minimum Gasteiger partial charge on any atom is -0.495 e. The first-order valence-corrected chi connectivity index (χ1v) is 8.06. The Morgan fingerprint density at radius 1 is 1.43 bits per heavy atom. The summed E-state index contributed by atoms with van der Waals surface area (Å²) >= 11 is 0. The van der Waals surface area contributed by atoms with Crippen LogP contribution in [0.4, 0.5) is 0 Å². The van der Waals surface area contributed by atoms with Gasteiger partial charge < -0.3 is 9.84 Å². The Morgan fingerprint density at radius 3 is 2.52 bits per heavy atom. The Hall–Kier alpha value is -1.60. The highest BCUT2D eigenvalue weighted by Crippen LogP contribution is 2.26. The molecule has 0 aliphatic carbocycles. The second-order valence-electron chi connectivity index (χ2n) is 5.15. The molecule has 7 heteroatoms. The van der Waals surface area contributed by atoms with Crippen molar-refractivity contribution in [1.82, 2.24) is 4.72 Å². The third-order valence-electron chi connectivity index (χ3n) is 3.19. The maximum atomic E-state index is 12.5. The number of carbonyl (C=O) groups is 1. The van der Waals surface area contributed by atoms with Crippen LogP contribution in [0.2, 0.25) is 0 Å². The molecular formula is C14H21NO5S. The van der Waals surface area contributed by atoms with Crippen LogP contribution >= 0.6 is 0 Å². The summed E-state index contributed by atoms with van der Waals surface area (Å²) in [7, 11) is -2.64. The molecular weight excluding hydrogens is 294 g/mol. The van der Waals surface area contributed by atoms with Crippen LogP contribution < -0.4 is 9.46 Å². The third-order valence-corrected chi connectivity index (χ3v) is 4.81. The van der Waals surface area contributed by atoms with Gasteiger partial charge in [0, 0.05) is 0 Å². The Balaban J connectivity index is 3.29. The van der Waals surface area contributed by atoms with Gasteiger partial charge in [-0.05, 0) is 38.0 Å². The molecule has 0 aliphatic rings. The van der Waals surface area contributed by atoms with Crippen molar-refractivity contribution in [3.8, 4) is 5.75 Å². The number of aryl methyl sites for hydroxylation is 1. The van der Waals surface area contributed by atoms with Gasteiger partial charge in [-0.1, -0.05) is 19.4 Å². The van der Waals surface area contributed by atoms with Crippen LogP contribution in [0, 0.1) is 6.92 Å². The van der Waals surface area contributed by atoms with Crippen molar-refractivity contribution >= 4 is 16.0 Å². The summed E-state index contributed by atoms with van der Waals surface area (Å²) in [5.74, 6) is -1.03. The molecule has 118 valence electrons. The van der Waals surface area contributed by atoms with Gasteiger partial charge >= 0.3 is 5.97 Å². The number of sulfonamides is 1. The van der Waals surface area contributed by atoms with E-state index in [0.29, 0.717) is 6.42 Å². The molecule has 1 rings (SSSR count). The lowest BCUT2D eigenvalue weighted by molar-refractivity contribution is -0.143. The maximum Gasteiger partial charge on any atom is 0.324 e. The first-order valence-electron chi connectivity index (χ1n) is 6.58. The van der Waals surface area contributed by atoms with Crippen LogP contribution in [-0.4, -0.2) is 32.1 Å². The molecule has 0 saturated carbocycles. The molecule has 1 aromatic rings. The number of aliphatic carboxylic acids is 1. The van der Waals surface area contributed by atoms with E-state index in [-0.39, 0.29) is 17.1 Å². The van der Waals surface area contributed by atoms with Crippen LogP contribution in [0.5, 0.6) is 5.75 Å². The Bertz CT molecular complexity index is 626. The van der Waals surface area contributed by atoms with E-state index in [4.69, 9.17) is 4.74 Å². The number of carboxylic acids is 1.